The lowest BCUT2D eigenvalue weighted by molar-refractivity contribution is -0.114. The topological polar surface area (TPSA) is 69.6 Å². The van der Waals surface area contributed by atoms with Gasteiger partial charge in [0.25, 0.3) is 5.91 Å². The number of amides is 2. The van der Waals surface area contributed by atoms with E-state index in [1.807, 2.05) is 6.92 Å². The molecule has 1 rings (SSSR count). The van der Waals surface area contributed by atoms with E-state index in [1.54, 1.807) is 23.1 Å². The molecule has 0 unspecified atom stereocenters. The standard InChI is InChI=1S/C15H21ClN2O3/c1-3-4-7-18(8-9-19)15(21)13-10-12(17-11(2)20)5-6-14(13)16/h5-6,10,19H,3-4,7-9H2,1-2H3,(H,17,20). The normalized spacial score (nSPS) is 10.3. The van der Waals surface area contributed by atoms with Gasteiger partial charge in [0.05, 0.1) is 17.2 Å². The summed E-state index contributed by atoms with van der Waals surface area (Å²) in [5.74, 6) is -0.455. The molecule has 0 aliphatic heterocycles. The summed E-state index contributed by atoms with van der Waals surface area (Å²) >= 11 is 6.08. The first-order valence-corrected chi connectivity index (χ1v) is 7.34. The highest BCUT2D eigenvalue weighted by atomic mass is 35.5. The molecular formula is C15H21ClN2O3. The van der Waals surface area contributed by atoms with Crippen molar-refractivity contribution in [2.45, 2.75) is 26.7 Å². The average molecular weight is 313 g/mol. The molecule has 2 N–H and O–H groups in total. The molecule has 0 radical (unpaired) electrons. The molecule has 0 aromatic heterocycles. The van der Waals surface area contributed by atoms with E-state index in [4.69, 9.17) is 16.7 Å². The van der Waals surface area contributed by atoms with Crippen LogP contribution in [-0.2, 0) is 4.79 Å². The van der Waals surface area contributed by atoms with Crippen LogP contribution in [0.3, 0.4) is 0 Å². The molecule has 6 heteroatoms. The fourth-order valence-corrected chi connectivity index (χ4v) is 2.12. The molecule has 0 aliphatic rings. The van der Waals surface area contributed by atoms with E-state index in [-0.39, 0.29) is 25.0 Å². The second-order valence-electron chi connectivity index (χ2n) is 4.75. The maximum atomic E-state index is 12.5. The maximum absolute atomic E-state index is 12.5. The summed E-state index contributed by atoms with van der Waals surface area (Å²) in [6.45, 7) is 4.16. The number of benzene rings is 1. The molecule has 0 fully saturated rings. The molecule has 1 aromatic carbocycles. The molecule has 0 heterocycles. The highest BCUT2D eigenvalue weighted by molar-refractivity contribution is 6.34. The SMILES string of the molecule is CCCCN(CCO)C(=O)c1cc(NC(C)=O)ccc1Cl. The lowest BCUT2D eigenvalue weighted by Crippen LogP contribution is -2.34. The Labute approximate surface area is 129 Å². The average Bonchev–Trinajstić information content (AvgIpc) is 2.44. The Morgan fingerprint density at radius 2 is 2.05 bits per heavy atom. The molecule has 0 atom stereocenters. The number of halogens is 1. The molecule has 2 amide bonds. The van der Waals surface area contributed by atoms with E-state index < -0.39 is 0 Å². The van der Waals surface area contributed by atoms with Gasteiger partial charge in [0.1, 0.15) is 0 Å². The summed E-state index contributed by atoms with van der Waals surface area (Å²) in [4.78, 5) is 25.2. The fourth-order valence-electron chi connectivity index (χ4n) is 1.93. The Morgan fingerprint density at radius 3 is 2.62 bits per heavy atom. The van der Waals surface area contributed by atoms with Crippen molar-refractivity contribution in [3.8, 4) is 0 Å². The van der Waals surface area contributed by atoms with Crippen LogP contribution in [0.25, 0.3) is 0 Å². The third-order valence-electron chi connectivity index (χ3n) is 2.96. The smallest absolute Gasteiger partial charge is 0.255 e. The summed E-state index contributed by atoms with van der Waals surface area (Å²) in [6, 6.07) is 4.78. The quantitative estimate of drug-likeness (QED) is 0.813. The van der Waals surface area contributed by atoms with Crippen LogP contribution in [0.2, 0.25) is 5.02 Å². The predicted molar refractivity (Wildman–Crippen MR) is 83.7 cm³/mol. The van der Waals surface area contributed by atoms with E-state index in [2.05, 4.69) is 5.32 Å². The number of carbonyl (C=O) groups is 2. The summed E-state index contributed by atoms with van der Waals surface area (Å²) in [5, 5.41) is 12.0. The fraction of sp³-hybridized carbons (Fsp3) is 0.467. The number of nitrogens with one attached hydrogen (secondary N) is 1. The summed E-state index contributed by atoms with van der Waals surface area (Å²) in [6.07, 6.45) is 1.81. The Hall–Kier alpha value is -1.59. The number of hydrogen-bond acceptors (Lipinski definition) is 3. The van der Waals surface area contributed by atoms with Crippen LogP contribution in [0.5, 0.6) is 0 Å². The summed E-state index contributed by atoms with van der Waals surface area (Å²) in [7, 11) is 0. The van der Waals surface area contributed by atoms with Crippen LogP contribution in [0.1, 0.15) is 37.0 Å². The van der Waals surface area contributed by atoms with E-state index in [0.29, 0.717) is 22.8 Å². The maximum Gasteiger partial charge on any atom is 0.255 e. The molecule has 1 aromatic rings. The molecule has 116 valence electrons. The highest BCUT2D eigenvalue weighted by Crippen LogP contribution is 2.22. The van der Waals surface area contributed by atoms with Gasteiger partial charge in [-0.25, -0.2) is 0 Å². The number of aliphatic hydroxyl groups is 1. The summed E-state index contributed by atoms with van der Waals surface area (Å²) < 4.78 is 0. The first kappa shape index (κ1) is 17.5. The lowest BCUT2D eigenvalue weighted by Gasteiger charge is -2.22. The van der Waals surface area contributed by atoms with Gasteiger partial charge in [-0.1, -0.05) is 24.9 Å². The van der Waals surface area contributed by atoms with Crippen LogP contribution in [-0.4, -0.2) is 41.5 Å². The first-order valence-electron chi connectivity index (χ1n) is 6.96. The third kappa shape index (κ3) is 5.36. The zero-order valence-electron chi connectivity index (χ0n) is 12.4. The molecule has 0 saturated heterocycles. The number of carbonyl (C=O) groups excluding carboxylic acids is 2. The number of nitrogens with zero attached hydrogens (tertiary/aromatic N) is 1. The molecule has 0 aliphatic carbocycles. The molecular weight excluding hydrogens is 292 g/mol. The third-order valence-corrected chi connectivity index (χ3v) is 3.29. The number of anilines is 1. The minimum atomic E-state index is -0.241. The number of aliphatic hydroxyl groups excluding tert-OH is 1. The van der Waals surface area contributed by atoms with Gasteiger partial charge in [0.15, 0.2) is 0 Å². The zero-order chi connectivity index (χ0) is 15.8. The molecule has 5 nitrogen and oxygen atoms in total. The number of rotatable bonds is 7. The van der Waals surface area contributed by atoms with Crippen LogP contribution in [0.4, 0.5) is 5.69 Å². The molecule has 0 spiro atoms. The van der Waals surface area contributed by atoms with Gasteiger partial charge in [0, 0.05) is 25.7 Å². The van der Waals surface area contributed by atoms with Crippen molar-refractivity contribution in [1.29, 1.82) is 0 Å². The van der Waals surface area contributed by atoms with Gasteiger partial charge in [-0.05, 0) is 24.6 Å². The van der Waals surface area contributed by atoms with Gasteiger partial charge in [-0.2, -0.15) is 0 Å². The van der Waals surface area contributed by atoms with Crippen LogP contribution >= 0.6 is 11.6 Å². The number of hydrogen-bond donors (Lipinski definition) is 2. The van der Waals surface area contributed by atoms with E-state index >= 15 is 0 Å². The monoisotopic (exact) mass is 312 g/mol. The van der Waals surface area contributed by atoms with E-state index in [0.717, 1.165) is 12.8 Å². The van der Waals surface area contributed by atoms with Gasteiger partial charge in [-0.15, -0.1) is 0 Å². The largest absolute Gasteiger partial charge is 0.395 e. The van der Waals surface area contributed by atoms with Crippen molar-refractivity contribution in [2.75, 3.05) is 25.0 Å². The molecule has 0 bridgehead atoms. The first-order chi connectivity index (χ1) is 9.99. The van der Waals surface area contributed by atoms with Crippen molar-refractivity contribution < 1.29 is 14.7 Å². The Balaban J connectivity index is 2.99. The van der Waals surface area contributed by atoms with Gasteiger partial charge in [-0.3, -0.25) is 9.59 Å². The van der Waals surface area contributed by atoms with Gasteiger partial charge in [0.2, 0.25) is 5.91 Å². The highest BCUT2D eigenvalue weighted by Gasteiger charge is 2.18. The predicted octanol–water partition coefficient (Wildman–Crippen LogP) is 2.53. The van der Waals surface area contributed by atoms with Crippen molar-refractivity contribution in [3.63, 3.8) is 0 Å². The summed E-state index contributed by atoms with van der Waals surface area (Å²) in [5.41, 5.74) is 0.849. The van der Waals surface area contributed by atoms with Gasteiger partial charge < -0.3 is 15.3 Å². The van der Waals surface area contributed by atoms with Crippen molar-refractivity contribution in [1.82, 2.24) is 4.90 Å². The van der Waals surface area contributed by atoms with Gasteiger partial charge >= 0.3 is 0 Å². The van der Waals surface area contributed by atoms with Crippen LogP contribution < -0.4 is 5.32 Å². The van der Waals surface area contributed by atoms with Crippen molar-refractivity contribution in [3.05, 3.63) is 28.8 Å². The van der Waals surface area contributed by atoms with Crippen molar-refractivity contribution in [2.24, 2.45) is 0 Å². The second-order valence-corrected chi connectivity index (χ2v) is 5.15. The van der Waals surface area contributed by atoms with Crippen LogP contribution in [0.15, 0.2) is 18.2 Å². The Morgan fingerprint density at radius 1 is 1.33 bits per heavy atom. The molecule has 0 saturated carbocycles. The Kier molecular flexibility index (Phi) is 7.19. The lowest BCUT2D eigenvalue weighted by atomic mass is 10.1. The molecule has 21 heavy (non-hydrogen) atoms. The number of unbranched alkanes of at least 4 members (excludes halogenated alkanes) is 1. The minimum absolute atomic E-state index is 0.0988. The van der Waals surface area contributed by atoms with E-state index in [1.165, 1.54) is 6.92 Å². The van der Waals surface area contributed by atoms with Crippen LogP contribution in [0, 0.1) is 0 Å². The van der Waals surface area contributed by atoms with E-state index in [9.17, 15) is 9.59 Å². The minimum Gasteiger partial charge on any atom is -0.395 e. The second kappa shape index (κ2) is 8.64. The Bertz CT molecular complexity index is 506. The zero-order valence-corrected chi connectivity index (χ0v) is 13.1. The van der Waals surface area contributed by atoms with Crippen molar-refractivity contribution >= 4 is 29.1 Å².